The second-order valence-electron chi connectivity index (χ2n) is 5.52. The minimum atomic E-state index is -0.174. The van der Waals surface area contributed by atoms with Crippen LogP contribution in [0.3, 0.4) is 0 Å². The maximum Gasteiger partial charge on any atom is 0.123 e. The SMILES string of the molecule is CCCNC(CCc1ccccc1C)c1ccc(F)cc1. The molecule has 0 aliphatic carbocycles. The van der Waals surface area contributed by atoms with Gasteiger partial charge in [0.25, 0.3) is 0 Å². The van der Waals surface area contributed by atoms with Crippen molar-refractivity contribution in [2.24, 2.45) is 0 Å². The van der Waals surface area contributed by atoms with E-state index in [0.29, 0.717) is 0 Å². The fourth-order valence-electron chi connectivity index (χ4n) is 2.59. The Balaban J connectivity index is 2.06. The molecule has 1 nitrogen and oxygen atoms in total. The Morgan fingerprint density at radius 2 is 1.76 bits per heavy atom. The van der Waals surface area contributed by atoms with Crippen LogP contribution in [0.15, 0.2) is 48.5 Å². The molecule has 0 saturated carbocycles. The molecule has 0 fully saturated rings. The summed E-state index contributed by atoms with van der Waals surface area (Å²) in [5.74, 6) is -0.174. The molecule has 0 spiro atoms. The molecular weight excluding hydrogens is 261 g/mol. The molecule has 0 amide bonds. The van der Waals surface area contributed by atoms with Crippen LogP contribution in [0, 0.1) is 12.7 Å². The third-order valence-corrected chi connectivity index (χ3v) is 3.88. The van der Waals surface area contributed by atoms with Gasteiger partial charge in [-0.2, -0.15) is 0 Å². The highest BCUT2D eigenvalue weighted by Crippen LogP contribution is 2.21. The van der Waals surface area contributed by atoms with Gasteiger partial charge in [0.05, 0.1) is 0 Å². The van der Waals surface area contributed by atoms with Crippen LogP contribution < -0.4 is 5.32 Å². The lowest BCUT2D eigenvalue weighted by molar-refractivity contribution is 0.498. The van der Waals surface area contributed by atoms with E-state index in [-0.39, 0.29) is 11.9 Å². The van der Waals surface area contributed by atoms with E-state index in [9.17, 15) is 4.39 Å². The van der Waals surface area contributed by atoms with Crippen LogP contribution in [0.25, 0.3) is 0 Å². The minimum absolute atomic E-state index is 0.174. The zero-order valence-corrected chi connectivity index (χ0v) is 12.9. The fraction of sp³-hybridized carbons (Fsp3) is 0.368. The van der Waals surface area contributed by atoms with E-state index in [0.717, 1.165) is 25.8 Å². The van der Waals surface area contributed by atoms with Crippen LogP contribution in [-0.2, 0) is 6.42 Å². The van der Waals surface area contributed by atoms with Crippen LogP contribution in [-0.4, -0.2) is 6.54 Å². The van der Waals surface area contributed by atoms with Gasteiger partial charge in [0.1, 0.15) is 5.82 Å². The molecule has 2 aromatic rings. The van der Waals surface area contributed by atoms with E-state index in [1.54, 1.807) is 12.1 Å². The second-order valence-corrected chi connectivity index (χ2v) is 5.52. The Bertz CT molecular complexity index is 548. The lowest BCUT2D eigenvalue weighted by Gasteiger charge is -2.19. The third kappa shape index (κ3) is 4.68. The number of hydrogen-bond donors (Lipinski definition) is 1. The number of halogens is 1. The van der Waals surface area contributed by atoms with E-state index >= 15 is 0 Å². The van der Waals surface area contributed by atoms with Crippen molar-refractivity contribution in [3.05, 3.63) is 71.0 Å². The van der Waals surface area contributed by atoms with Crippen molar-refractivity contribution < 1.29 is 4.39 Å². The van der Waals surface area contributed by atoms with Gasteiger partial charge in [-0.3, -0.25) is 0 Å². The van der Waals surface area contributed by atoms with E-state index in [2.05, 4.69) is 43.4 Å². The Morgan fingerprint density at radius 3 is 2.43 bits per heavy atom. The fourth-order valence-corrected chi connectivity index (χ4v) is 2.59. The summed E-state index contributed by atoms with van der Waals surface area (Å²) >= 11 is 0. The summed E-state index contributed by atoms with van der Waals surface area (Å²) in [6.07, 6.45) is 3.16. The number of aryl methyl sites for hydroxylation is 2. The molecule has 21 heavy (non-hydrogen) atoms. The molecule has 0 aliphatic heterocycles. The van der Waals surface area contributed by atoms with Crippen molar-refractivity contribution in [3.63, 3.8) is 0 Å². The molecule has 1 atom stereocenters. The minimum Gasteiger partial charge on any atom is -0.310 e. The molecule has 0 aromatic heterocycles. The van der Waals surface area contributed by atoms with Crippen LogP contribution in [0.2, 0.25) is 0 Å². The highest BCUT2D eigenvalue weighted by atomic mass is 19.1. The molecule has 0 radical (unpaired) electrons. The standard InChI is InChI=1S/C19H24FN/c1-3-14-21-19(17-8-11-18(20)12-9-17)13-10-16-7-5-4-6-15(16)2/h4-9,11-12,19,21H,3,10,13-14H2,1-2H3. The Labute approximate surface area is 127 Å². The Morgan fingerprint density at radius 1 is 1.05 bits per heavy atom. The maximum atomic E-state index is 13.1. The smallest absolute Gasteiger partial charge is 0.123 e. The first kappa shape index (κ1) is 15.7. The molecule has 2 rings (SSSR count). The molecule has 0 saturated heterocycles. The molecular formula is C19H24FN. The van der Waals surface area contributed by atoms with Crippen molar-refractivity contribution >= 4 is 0 Å². The van der Waals surface area contributed by atoms with E-state index in [1.807, 2.05) is 12.1 Å². The van der Waals surface area contributed by atoms with E-state index in [1.165, 1.54) is 16.7 Å². The number of nitrogens with one attached hydrogen (secondary N) is 1. The lowest BCUT2D eigenvalue weighted by Crippen LogP contribution is -2.22. The lowest BCUT2D eigenvalue weighted by atomic mass is 9.96. The van der Waals surface area contributed by atoms with Crippen LogP contribution in [0.4, 0.5) is 4.39 Å². The number of rotatable bonds is 7. The van der Waals surface area contributed by atoms with Gasteiger partial charge in [0, 0.05) is 6.04 Å². The average Bonchev–Trinajstić information content (AvgIpc) is 2.50. The van der Waals surface area contributed by atoms with Crippen LogP contribution >= 0.6 is 0 Å². The normalized spacial score (nSPS) is 12.3. The predicted octanol–water partition coefficient (Wildman–Crippen LogP) is 4.81. The summed E-state index contributed by atoms with van der Waals surface area (Å²) in [4.78, 5) is 0. The average molecular weight is 285 g/mol. The molecule has 1 N–H and O–H groups in total. The second kappa shape index (κ2) is 7.94. The van der Waals surface area contributed by atoms with Crippen molar-refractivity contribution in [1.29, 1.82) is 0 Å². The van der Waals surface area contributed by atoms with Crippen molar-refractivity contribution in [1.82, 2.24) is 5.32 Å². The zero-order chi connectivity index (χ0) is 15.1. The highest BCUT2D eigenvalue weighted by Gasteiger charge is 2.11. The Hall–Kier alpha value is -1.67. The summed E-state index contributed by atoms with van der Waals surface area (Å²) in [6.45, 7) is 5.30. The van der Waals surface area contributed by atoms with Crippen molar-refractivity contribution in [3.8, 4) is 0 Å². The number of benzene rings is 2. The number of hydrogen-bond acceptors (Lipinski definition) is 1. The van der Waals surface area contributed by atoms with Gasteiger partial charge in [-0.05, 0) is 61.6 Å². The van der Waals surface area contributed by atoms with Gasteiger partial charge in [-0.1, -0.05) is 43.3 Å². The first-order chi connectivity index (χ1) is 10.2. The van der Waals surface area contributed by atoms with E-state index < -0.39 is 0 Å². The first-order valence-electron chi connectivity index (χ1n) is 7.74. The van der Waals surface area contributed by atoms with Crippen LogP contribution in [0.1, 0.15) is 42.5 Å². The zero-order valence-electron chi connectivity index (χ0n) is 12.9. The molecule has 2 aromatic carbocycles. The van der Waals surface area contributed by atoms with Gasteiger partial charge < -0.3 is 5.32 Å². The summed E-state index contributed by atoms with van der Waals surface area (Å²) in [6, 6.07) is 15.7. The molecule has 0 bridgehead atoms. The molecule has 0 heterocycles. The summed E-state index contributed by atoms with van der Waals surface area (Å²) in [5.41, 5.74) is 3.90. The predicted molar refractivity (Wildman–Crippen MR) is 86.9 cm³/mol. The monoisotopic (exact) mass is 285 g/mol. The van der Waals surface area contributed by atoms with Crippen molar-refractivity contribution in [2.75, 3.05) is 6.54 Å². The van der Waals surface area contributed by atoms with Gasteiger partial charge in [0.2, 0.25) is 0 Å². The Kier molecular flexibility index (Phi) is 5.94. The van der Waals surface area contributed by atoms with Gasteiger partial charge >= 0.3 is 0 Å². The van der Waals surface area contributed by atoms with Crippen molar-refractivity contribution in [2.45, 2.75) is 39.2 Å². The van der Waals surface area contributed by atoms with Crippen LogP contribution in [0.5, 0.6) is 0 Å². The molecule has 1 unspecified atom stereocenters. The van der Waals surface area contributed by atoms with E-state index in [4.69, 9.17) is 0 Å². The topological polar surface area (TPSA) is 12.0 Å². The molecule has 0 aliphatic rings. The summed E-state index contributed by atoms with van der Waals surface area (Å²) in [5, 5.41) is 3.57. The van der Waals surface area contributed by atoms with Gasteiger partial charge in [0.15, 0.2) is 0 Å². The molecule has 2 heteroatoms. The maximum absolute atomic E-state index is 13.1. The third-order valence-electron chi connectivity index (χ3n) is 3.88. The van der Waals surface area contributed by atoms with Gasteiger partial charge in [-0.15, -0.1) is 0 Å². The van der Waals surface area contributed by atoms with Gasteiger partial charge in [-0.25, -0.2) is 4.39 Å². The summed E-state index contributed by atoms with van der Waals surface area (Å²) in [7, 11) is 0. The highest BCUT2D eigenvalue weighted by molar-refractivity contribution is 5.26. The summed E-state index contributed by atoms with van der Waals surface area (Å²) < 4.78 is 13.1. The largest absolute Gasteiger partial charge is 0.310 e. The molecule has 112 valence electrons. The first-order valence-corrected chi connectivity index (χ1v) is 7.74. The quantitative estimate of drug-likeness (QED) is 0.770.